The number of carbonyl (C=O) groups excluding carboxylic acids is 1. The molecule has 0 aromatic heterocycles. The average molecular weight is 272 g/mol. The Labute approximate surface area is 117 Å². The second-order valence-corrected chi connectivity index (χ2v) is 5.83. The molecule has 0 unspecified atom stereocenters. The third-order valence-corrected chi connectivity index (χ3v) is 4.68. The molecule has 2 aliphatic carbocycles. The normalized spacial score (nSPS) is 30.6. The number of hydrogen-bond acceptors (Lipinski definition) is 4. The van der Waals surface area contributed by atoms with Crippen molar-refractivity contribution >= 4 is 5.78 Å². The number of carbonyl (C=O) groups is 1. The van der Waals surface area contributed by atoms with E-state index in [1.807, 2.05) is 6.92 Å². The molecule has 0 radical (unpaired) electrons. The number of Topliss-reactive ketones (excluding diaryl/α,β-unsaturated/α-hetero) is 1. The van der Waals surface area contributed by atoms with Gasteiger partial charge in [-0.15, -0.1) is 0 Å². The van der Waals surface area contributed by atoms with Crippen LogP contribution in [0.1, 0.15) is 41.8 Å². The highest BCUT2D eigenvalue weighted by atomic mass is 16.7. The van der Waals surface area contributed by atoms with Gasteiger partial charge in [0.1, 0.15) is 0 Å². The zero-order valence-electron chi connectivity index (χ0n) is 11.3. The van der Waals surface area contributed by atoms with Gasteiger partial charge in [0.2, 0.25) is 6.79 Å². The lowest BCUT2D eigenvalue weighted by atomic mass is 9.67. The van der Waals surface area contributed by atoms with E-state index in [9.17, 15) is 9.90 Å². The molecule has 0 fully saturated rings. The summed E-state index contributed by atoms with van der Waals surface area (Å²) in [5.74, 6) is 1.14. The molecular weight excluding hydrogens is 256 g/mol. The molecule has 0 bridgehead atoms. The highest BCUT2D eigenvalue weighted by molar-refractivity contribution is 6.02. The van der Waals surface area contributed by atoms with Gasteiger partial charge in [0, 0.05) is 23.0 Å². The lowest BCUT2D eigenvalue weighted by molar-refractivity contribution is 0.0437. The molecule has 1 aromatic carbocycles. The molecule has 1 N–H and O–H groups in total. The third-order valence-electron chi connectivity index (χ3n) is 4.68. The first-order valence-electron chi connectivity index (χ1n) is 6.97. The van der Waals surface area contributed by atoms with Crippen molar-refractivity contribution in [3.63, 3.8) is 0 Å². The predicted octanol–water partition coefficient (Wildman–Crippen LogP) is 2.62. The number of allylic oxidation sites excluding steroid dienone is 2. The van der Waals surface area contributed by atoms with Crippen molar-refractivity contribution in [3.05, 3.63) is 34.9 Å². The van der Waals surface area contributed by atoms with Gasteiger partial charge in [-0.05, 0) is 31.9 Å². The second kappa shape index (κ2) is 4.09. The molecule has 1 aromatic rings. The zero-order chi connectivity index (χ0) is 13.9. The Bertz CT molecular complexity index is 632. The Kier molecular flexibility index (Phi) is 2.45. The molecule has 20 heavy (non-hydrogen) atoms. The fourth-order valence-corrected chi connectivity index (χ4v) is 3.64. The summed E-state index contributed by atoms with van der Waals surface area (Å²) in [5, 5.41) is 10.7. The molecule has 3 aliphatic rings. The number of rotatable bonds is 0. The van der Waals surface area contributed by atoms with Crippen molar-refractivity contribution in [2.24, 2.45) is 11.8 Å². The van der Waals surface area contributed by atoms with Gasteiger partial charge >= 0.3 is 0 Å². The Hall–Kier alpha value is -1.81. The number of aliphatic hydroxyl groups excluding tert-OH is 1. The van der Waals surface area contributed by atoms with Crippen LogP contribution in [-0.2, 0) is 0 Å². The molecule has 4 heteroatoms. The lowest BCUT2D eigenvalue weighted by Crippen LogP contribution is -2.36. The summed E-state index contributed by atoms with van der Waals surface area (Å²) in [6.07, 6.45) is 2.96. The zero-order valence-corrected chi connectivity index (χ0v) is 11.3. The number of fused-ring (bicyclic) bond motifs is 4. The maximum absolute atomic E-state index is 12.7. The second-order valence-electron chi connectivity index (χ2n) is 5.83. The molecule has 4 rings (SSSR count). The van der Waals surface area contributed by atoms with Gasteiger partial charge in [0.05, 0.1) is 6.10 Å². The highest BCUT2D eigenvalue weighted by Gasteiger charge is 2.44. The number of benzene rings is 1. The molecule has 0 spiro atoms. The van der Waals surface area contributed by atoms with E-state index in [4.69, 9.17) is 9.47 Å². The minimum atomic E-state index is -0.659. The maximum atomic E-state index is 12.7. The minimum Gasteiger partial charge on any atom is -0.454 e. The fourth-order valence-electron chi connectivity index (χ4n) is 3.64. The quantitative estimate of drug-likeness (QED) is 0.738. The van der Waals surface area contributed by atoms with Crippen LogP contribution >= 0.6 is 0 Å². The summed E-state index contributed by atoms with van der Waals surface area (Å²) in [5.41, 5.74) is 2.45. The minimum absolute atomic E-state index is 0.0469. The molecule has 0 saturated carbocycles. The predicted molar refractivity (Wildman–Crippen MR) is 71.8 cm³/mol. The van der Waals surface area contributed by atoms with Crippen LogP contribution in [0.4, 0.5) is 0 Å². The van der Waals surface area contributed by atoms with Crippen molar-refractivity contribution in [1.82, 2.24) is 0 Å². The van der Waals surface area contributed by atoms with E-state index in [0.717, 1.165) is 12.8 Å². The summed E-state index contributed by atoms with van der Waals surface area (Å²) < 4.78 is 10.8. The van der Waals surface area contributed by atoms with Crippen LogP contribution < -0.4 is 9.47 Å². The van der Waals surface area contributed by atoms with Crippen molar-refractivity contribution in [2.75, 3.05) is 6.79 Å². The standard InChI is InChI=1S/C16H16O4/c1-8-2-3-9-11(6-8)14(17)10-4-5-12-16(20-7-19-12)13(10)15(9)18/h2,4-5,9,11,15,18H,3,6-7H2,1H3/t9-,11-,15+/m0/s1. The first-order valence-corrected chi connectivity index (χ1v) is 6.97. The van der Waals surface area contributed by atoms with Crippen LogP contribution in [0.2, 0.25) is 0 Å². The van der Waals surface area contributed by atoms with E-state index in [0.29, 0.717) is 22.6 Å². The first-order chi connectivity index (χ1) is 9.66. The van der Waals surface area contributed by atoms with Gasteiger partial charge < -0.3 is 14.6 Å². The summed E-state index contributed by atoms with van der Waals surface area (Å²) in [4.78, 5) is 12.7. The van der Waals surface area contributed by atoms with Crippen LogP contribution in [-0.4, -0.2) is 17.7 Å². The van der Waals surface area contributed by atoms with E-state index in [-0.39, 0.29) is 24.4 Å². The Morgan fingerprint density at radius 3 is 3.00 bits per heavy atom. The smallest absolute Gasteiger partial charge is 0.231 e. The summed E-state index contributed by atoms with van der Waals surface area (Å²) in [6, 6.07) is 3.52. The van der Waals surface area contributed by atoms with E-state index in [2.05, 4.69) is 6.08 Å². The average Bonchev–Trinajstić information content (AvgIpc) is 2.92. The van der Waals surface area contributed by atoms with Crippen molar-refractivity contribution < 1.29 is 19.4 Å². The molecule has 1 aliphatic heterocycles. The third kappa shape index (κ3) is 1.48. The van der Waals surface area contributed by atoms with Crippen LogP contribution in [0.3, 0.4) is 0 Å². The number of ketones is 1. The van der Waals surface area contributed by atoms with E-state index in [1.165, 1.54) is 5.57 Å². The largest absolute Gasteiger partial charge is 0.454 e. The molecule has 0 amide bonds. The number of hydrogen-bond donors (Lipinski definition) is 1. The lowest BCUT2D eigenvalue weighted by Gasteiger charge is -2.38. The van der Waals surface area contributed by atoms with Gasteiger partial charge in [-0.2, -0.15) is 0 Å². The van der Waals surface area contributed by atoms with E-state index < -0.39 is 6.10 Å². The van der Waals surface area contributed by atoms with Crippen LogP contribution in [0, 0.1) is 11.8 Å². The van der Waals surface area contributed by atoms with Crippen LogP contribution in [0.15, 0.2) is 23.8 Å². The van der Waals surface area contributed by atoms with Crippen molar-refractivity contribution in [3.8, 4) is 11.5 Å². The monoisotopic (exact) mass is 272 g/mol. The number of ether oxygens (including phenoxy) is 2. The number of aliphatic hydroxyl groups is 1. The van der Waals surface area contributed by atoms with Crippen LogP contribution in [0.25, 0.3) is 0 Å². The Morgan fingerprint density at radius 2 is 2.15 bits per heavy atom. The van der Waals surface area contributed by atoms with Crippen molar-refractivity contribution in [1.29, 1.82) is 0 Å². The molecule has 0 saturated heterocycles. The van der Waals surface area contributed by atoms with Gasteiger partial charge in [0.25, 0.3) is 0 Å². The van der Waals surface area contributed by atoms with Gasteiger partial charge in [-0.3, -0.25) is 4.79 Å². The molecule has 1 heterocycles. The molecule has 3 atom stereocenters. The Balaban J connectivity index is 1.87. The summed E-state index contributed by atoms with van der Waals surface area (Å²) in [6.45, 7) is 2.20. The first kappa shape index (κ1) is 12.0. The van der Waals surface area contributed by atoms with Gasteiger partial charge in [-0.25, -0.2) is 0 Å². The van der Waals surface area contributed by atoms with Gasteiger partial charge in [0.15, 0.2) is 17.3 Å². The van der Waals surface area contributed by atoms with Crippen LogP contribution in [0.5, 0.6) is 11.5 Å². The summed E-state index contributed by atoms with van der Waals surface area (Å²) >= 11 is 0. The maximum Gasteiger partial charge on any atom is 0.231 e. The SMILES string of the molecule is CC1=CC[C@H]2[C@H](C1)C(=O)c1ccc3c(c1[C@@H]2O)OCO3. The fraction of sp³-hybridized carbons (Fsp3) is 0.438. The topological polar surface area (TPSA) is 55.8 Å². The molecule has 104 valence electrons. The van der Waals surface area contributed by atoms with E-state index in [1.54, 1.807) is 12.1 Å². The molecule has 4 nitrogen and oxygen atoms in total. The molecular formula is C16H16O4. The van der Waals surface area contributed by atoms with Gasteiger partial charge in [-0.1, -0.05) is 11.6 Å². The van der Waals surface area contributed by atoms with E-state index >= 15 is 0 Å². The van der Waals surface area contributed by atoms with Crippen molar-refractivity contribution in [2.45, 2.75) is 25.9 Å². The summed E-state index contributed by atoms with van der Waals surface area (Å²) in [7, 11) is 0. The highest BCUT2D eigenvalue weighted by Crippen LogP contribution is 2.51. The Morgan fingerprint density at radius 1 is 1.30 bits per heavy atom.